The number of benzene rings is 10. The molecule has 3 aromatic heterocycles. The van der Waals surface area contributed by atoms with E-state index in [1.165, 1.54) is 93.2 Å². The van der Waals surface area contributed by atoms with Crippen LogP contribution in [0.15, 0.2) is 205 Å². The number of fused-ring (bicyclic) bond motifs is 14. The fourth-order valence-corrected chi connectivity index (χ4v) is 11.7. The molecule has 0 aliphatic carbocycles. The van der Waals surface area contributed by atoms with Gasteiger partial charge in [0.2, 0.25) is 0 Å². The Labute approximate surface area is 401 Å². The van der Waals surface area contributed by atoms with Gasteiger partial charge < -0.3 is 13.6 Å². The molecule has 0 fully saturated rings. The molecule has 10 aromatic carbocycles. The quantitative estimate of drug-likeness (QED) is 0.110. The molecule has 0 N–H and O–H groups in total. The summed E-state index contributed by atoms with van der Waals surface area (Å²) in [5.74, 6) is 0.357. The maximum atomic E-state index is 6.39. The predicted molar refractivity (Wildman–Crippen MR) is 296 cm³/mol. The van der Waals surface area contributed by atoms with Crippen molar-refractivity contribution in [3.05, 3.63) is 223 Å². The zero-order chi connectivity index (χ0) is 46.5. The van der Waals surface area contributed by atoms with Crippen molar-refractivity contribution in [2.24, 2.45) is 0 Å². The zero-order valence-electron chi connectivity index (χ0n) is 39.3. The monoisotopic (exact) mass is 886 g/mol. The van der Waals surface area contributed by atoms with Crippen LogP contribution in [0.4, 0.5) is 0 Å². The summed E-state index contributed by atoms with van der Waals surface area (Å²) in [6.45, 7) is 13.4. The van der Waals surface area contributed by atoms with Crippen LogP contribution in [-0.4, -0.2) is 9.13 Å². The van der Waals surface area contributed by atoms with Gasteiger partial charge in [-0.3, -0.25) is 0 Å². The lowest BCUT2D eigenvalue weighted by Gasteiger charge is -2.22. The molecule has 1 atom stereocenters. The van der Waals surface area contributed by atoms with E-state index in [9.17, 15) is 0 Å². The van der Waals surface area contributed by atoms with E-state index in [2.05, 4.69) is 231 Å². The highest BCUT2D eigenvalue weighted by Crippen LogP contribution is 2.48. The van der Waals surface area contributed by atoms with Crippen LogP contribution in [0.3, 0.4) is 0 Å². The third-order valence-corrected chi connectivity index (χ3v) is 15.1. The van der Waals surface area contributed by atoms with Gasteiger partial charge in [0.25, 0.3) is 0 Å². The van der Waals surface area contributed by atoms with Crippen LogP contribution < -0.4 is 0 Å². The molecule has 0 aliphatic heterocycles. The fourth-order valence-electron chi connectivity index (χ4n) is 11.7. The van der Waals surface area contributed by atoms with Gasteiger partial charge in [0.15, 0.2) is 0 Å². The average molecular weight is 887 g/mol. The molecule has 13 rings (SSSR count). The molecule has 13 aromatic rings. The Morgan fingerprint density at radius 1 is 0.522 bits per heavy atom. The summed E-state index contributed by atoms with van der Waals surface area (Å²) >= 11 is 0. The van der Waals surface area contributed by atoms with Gasteiger partial charge in [-0.25, -0.2) is 0 Å². The van der Waals surface area contributed by atoms with Gasteiger partial charge >= 0.3 is 0 Å². The van der Waals surface area contributed by atoms with Gasteiger partial charge in [-0.05, 0) is 141 Å². The Morgan fingerprint density at radius 3 is 1.88 bits per heavy atom. The van der Waals surface area contributed by atoms with E-state index in [1.54, 1.807) is 0 Å². The van der Waals surface area contributed by atoms with Crippen molar-refractivity contribution in [3.8, 4) is 33.6 Å². The average Bonchev–Trinajstić information content (AvgIpc) is 4.04. The number of para-hydroxylation sites is 1. The highest BCUT2D eigenvalue weighted by Gasteiger charge is 2.27. The minimum absolute atomic E-state index is 0.357. The predicted octanol–water partition coefficient (Wildman–Crippen LogP) is 18.8. The Bertz CT molecular complexity index is 4270. The molecule has 3 nitrogen and oxygen atoms in total. The van der Waals surface area contributed by atoms with Crippen LogP contribution in [0.1, 0.15) is 48.6 Å². The summed E-state index contributed by atoms with van der Waals surface area (Å²) in [6, 6.07) is 67.3. The summed E-state index contributed by atoms with van der Waals surface area (Å²) in [5, 5.41) is 13.5. The van der Waals surface area contributed by atoms with Gasteiger partial charge in [-0.1, -0.05) is 166 Å². The third-order valence-electron chi connectivity index (χ3n) is 15.1. The summed E-state index contributed by atoms with van der Waals surface area (Å²) in [6.07, 6.45) is 7.29. The number of hydrogen-bond donors (Lipinski definition) is 0. The minimum Gasteiger partial charge on any atom is -0.456 e. The smallest absolute Gasteiger partial charge is 0.135 e. The number of rotatable bonds is 8. The molecular weight excluding hydrogens is 837 g/mol. The lowest BCUT2D eigenvalue weighted by Crippen LogP contribution is -2.04. The van der Waals surface area contributed by atoms with Crippen molar-refractivity contribution in [1.82, 2.24) is 9.13 Å². The first kappa shape index (κ1) is 40.8. The summed E-state index contributed by atoms with van der Waals surface area (Å²) < 4.78 is 11.4. The van der Waals surface area contributed by atoms with E-state index in [0.29, 0.717) is 5.92 Å². The highest BCUT2D eigenvalue weighted by molar-refractivity contribution is 6.28. The van der Waals surface area contributed by atoms with Crippen molar-refractivity contribution in [2.75, 3.05) is 0 Å². The molecule has 0 saturated carbocycles. The van der Waals surface area contributed by atoms with E-state index in [4.69, 9.17) is 4.42 Å². The van der Waals surface area contributed by atoms with Gasteiger partial charge in [-0.2, -0.15) is 0 Å². The van der Waals surface area contributed by atoms with Gasteiger partial charge in [0.05, 0.1) is 22.2 Å². The maximum absolute atomic E-state index is 6.39. The molecule has 330 valence electrons. The standard InChI is InChI=1S/C66H50N2O/c1-6-8-20-47-42(5)67(44-33-34-53-51-24-12-11-22-49(51)50-23-13-14-25-52(50)55(53)39-44)59-35-36-60-66(64(47)59)65-48(43-32-37-62-56(38-43)54-26-15-16-31-61(54)69-62)28-18-30-58(65)68(60)57-29-17-27-45(40(3)7-2)63(57)46-21-10-9-19-41(46)4/h6,8-40H,1,7H2,2-5H3/b20-8-. The van der Waals surface area contributed by atoms with E-state index >= 15 is 0 Å². The first-order valence-corrected chi connectivity index (χ1v) is 24.3. The SMILES string of the molecule is C=C/C=C\c1c(C)n(-c2ccc3c4ccccc4c4ccccc4c3c2)c2ccc3c(c12)c1c(-c2ccc4oc5ccccc5c4c2)cccc1n3-c1cccc(C(C)CC)c1-c1ccccc1C. The number of allylic oxidation sites excluding steroid dienone is 2. The van der Waals surface area contributed by atoms with Crippen molar-refractivity contribution in [3.63, 3.8) is 0 Å². The van der Waals surface area contributed by atoms with E-state index < -0.39 is 0 Å². The first-order valence-electron chi connectivity index (χ1n) is 24.3. The second-order valence-corrected chi connectivity index (χ2v) is 18.8. The summed E-state index contributed by atoms with van der Waals surface area (Å²) in [4.78, 5) is 0. The molecule has 0 radical (unpaired) electrons. The normalized spacial score (nSPS) is 12.6. The van der Waals surface area contributed by atoms with Crippen LogP contribution in [0.5, 0.6) is 0 Å². The van der Waals surface area contributed by atoms with Crippen molar-refractivity contribution < 1.29 is 4.42 Å². The number of aryl methyl sites for hydroxylation is 1. The molecular formula is C66H50N2O. The van der Waals surface area contributed by atoms with Crippen LogP contribution in [-0.2, 0) is 0 Å². The Kier molecular flexibility index (Phi) is 9.39. The second-order valence-electron chi connectivity index (χ2n) is 18.8. The van der Waals surface area contributed by atoms with Crippen LogP contribution in [0.25, 0.3) is 127 Å². The van der Waals surface area contributed by atoms with Gasteiger partial charge in [0.1, 0.15) is 11.2 Å². The molecule has 3 heteroatoms. The summed E-state index contributed by atoms with van der Waals surface area (Å²) in [5.41, 5.74) is 17.4. The number of hydrogen-bond acceptors (Lipinski definition) is 1. The number of furan rings is 1. The van der Waals surface area contributed by atoms with Crippen molar-refractivity contribution in [1.29, 1.82) is 0 Å². The molecule has 69 heavy (non-hydrogen) atoms. The van der Waals surface area contributed by atoms with Crippen molar-refractivity contribution >= 4 is 93.0 Å². The summed E-state index contributed by atoms with van der Waals surface area (Å²) in [7, 11) is 0. The number of aromatic nitrogens is 2. The van der Waals surface area contributed by atoms with E-state index in [-0.39, 0.29) is 0 Å². The molecule has 0 spiro atoms. The maximum Gasteiger partial charge on any atom is 0.135 e. The molecule has 0 saturated heterocycles. The Morgan fingerprint density at radius 2 is 1.14 bits per heavy atom. The van der Waals surface area contributed by atoms with E-state index in [0.717, 1.165) is 56.2 Å². The third kappa shape index (κ3) is 6.06. The van der Waals surface area contributed by atoms with Crippen LogP contribution in [0.2, 0.25) is 0 Å². The van der Waals surface area contributed by atoms with E-state index in [1.807, 2.05) is 12.1 Å². The molecule has 3 heterocycles. The topological polar surface area (TPSA) is 23.0 Å². The molecule has 0 aliphatic rings. The lowest BCUT2D eigenvalue weighted by atomic mass is 9.87. The van der Waals surface area contributed by atoms with Gasteiger partial charge in [0, 0.05) is 49.4 Å². The lowest BCUT2D eigenvalue weighted by molar-refractivity contribution is 0.669. The number of nitrogens with zero attached hydrogens (tertiary/aromatic N) is 2. The minimum atomic E-state index is 0.357. The molecule has 0 amide bonds. The van der Waals surface area contributed by atoms with Gasteiger partial charge in [-0.15, -0.1) is 0 Å². The highest BCUT2D eigenvalue weighted by atomic mass is 16.3. The first-order chi connectivity index (χ1) is 33.9. The van der Waals surface area contributed by atoms with Crippen LogP contribution >= 0.6 is 0 Å². The second kappa shape index (κ2) is 15.9. The largest absolute Gasteiger partial charge is 0.456 e. The fraction of sp³-hybridized carbons (Fsp3) is 0.0909. The zero-order valence-corrected chi connectivity index (χ0v) is 39.3. The van der Waals surface area contributed by atoms with Crippen molar-refractivity contribution in [2.45, 2.75) is 40.0 Å². The molecule has 1 unspecified atom stereocenters. The Hall–Kier alpha value is -8.40. The van der Waals surface area contributed by atoms with Crippen LogP contribution in [0, 0.1) is 13.8 Å². The Balaban J connectivity index is 1.19. The molecule has 0 bridgehead atoms.